The van der Waals surface area contributed by atoms with Crippen molar-refractivity contribution in [1.29, 1.82) is 0 Å². The fraction of sp³-hybridized carbons (Fsp3) is 0.600. The smallest absolute Gasteiger partial charge is 0.240 e. The molecule has 21 heavy (non-hydrogen) atoms. The molecule has 0 saturated carbocycles. The SMILES string of the molecule is Cc1cc(CN)ccc1S(=O)(=O)NCC1CCCN(C)C1. The molecular weight excluding hydrogens is 286 g/mol. The summed E-state index contributed by atoms with van der Waals surface area (Å²) in [5, 5.41) is 0. The Morgan fingerprint density at radius 2 is 2.19 bits per heavy atom. The van der Waals surface area contributed by atoms with Gasteiger partial charge in [-0.2, -0.15) is 0 Å². The van der Waals surface area contributed by atoms with E-state index in [-0.39, 0.29) is 0 Å². The third-order valence-corrected chi connectivity index (χ3v) is 5.63. The number of sulfonamides is 1. The van der Waals surface area contributed by atoms with Gasteiger partial charge in [-0.05, 0) is 56.5 Å². The minimum atomic E-state index is -3.44. The highest BCUT2D eigenvalue weighted by Gasteiger charge is 2.21. The number of nitrogens with two attached hydrogens (primary N) is 1. The monoisotopic (exact) mass is 311 g/mol. The van der Waals surface area contributed by atoms with Gasteiger partial charge >= 0.3 is 0 Å². The standard InChI is InChI=1S/C15H25N3O2S/c1-12-8-13(9-16)5-6-15(12)21(19,20)17-10-14-4-3-7-18(2)11-14/h5-6,8,14,17H,3-4,7,9-11,16H2,1-2H3. The van der Waals surface area contributed by atoms with Crippen molar-refractivity contribution < 1.29 is 8.42 Å². The third-order valence-electron chi connectivity index (χ3n) is 4.05. The van der Waals surface area contributed by atoms with Gasteiger partial charge in [-0.1, -0.05) is 12.1 Å². The van der Waals surface area contributed by atoms with E-state index in [0.29, 0.717) is 23.9 Å². The maximum atomic E-state index is 12.4. The molecule has 1 unspecified atom stereocenters. The van der Waals surface area contributed by atoms with Crippen molar-refractivity contribution in [1.82, 2.24) is 9.62 Å². The molecule has 1 heterocycles. The van der Waals surface area contributed by atoms with E-state index in [2.05, 4.69) is 16.7 Å². The Bertz CT molecular complexity index is 587. The highest BCUT2D eigenvalue weighted by Crippen LogP contribution is 2.18. The van der Waals surface area contributed by atoms with Gasteiger partial charge in [-0.25, -0.2) is 13.1 Å². The molecule has 1 aliphatic rings. The van der Waals surface area contributed by atoms with Crippen LogP contribution in [0.4, 0.5) is 0 Å². The summed E-state index contributed by atoms with van der Waals surface area (Å²) in [6, 6.07) is 5.26. The van der Waals surface area contributed by atoms with Crippen LogP contribution in [0.15, 0.2) is 23.1 Å². The van der Waals surface area contributed by atoms with E-state index in [4.69, 9.17) is 5.73 Å². The molecule has 1 aromatic carbocycles. The summed E-state index contributed by atoms with van der Waals surface area (Å²) < 4.78 is 27.6. The number of nitrogens with zero attached hydrogens (tertiary/aromatic N) is 1. The van der Waals surface area contributed by atoms with Crippen LogP contribution in [0.25, 0.3) is 0 Å². The van der Waals surface area contributed by atoms with Crippen LogP contribution in [0.3, 0.4) is 0 Å². The van der Waals surface area contributed by atoms with Gasteiger partial charge in [0.15, 0.2) is 0 Å². The topological polar surface area (TPSA) is 75.4 Å². The Balaban J connectivity index is 2.04. The molecule has 1 aromatic rings. The molecular formula is C15H25N3O2S. The average Bonchev–Trinajstić information content (AvgIpc) is 2.45. The Morgan fingerprint density at radius 3 is 2.81 bits per heavy atom. The predicted molar refractivity (Wildman–Crippen MR) is 84.5 cm³/mol. The van der Waals surface area contributed by atoms with Crippen molar-refractivity contribution in [3.8, 4) is 0 Å². The number of rotatable bonds is 5. The van der Waals surface area contributed by atoms with E-state index in [0.717, 1.165) is 37.1 Å². The number of hydrogen-bond acceptors (Lipinski definition) is 4. The van der Waals surface area contributed by atoms with Crippen molar-refractivity contribution >= 4 is 10.0 Å². The first-order chi connectivity index (χ1) is 9.92. The lowest BCUT2D eigenvalue weighted by molar-refractivity contribution is 0.211. The molecule has 0 bridgehead atoms. The van der Waals surface area contributed by atoms with E-state index >= 15 is 0 Å². The van der Waals surface area contributed by atoms with E-state index < -0.39 is 10.0 Å². The van der Waals surface area contributed by atoms with E-state index in [1.807, 2.05) is 13.0 Å². The lowest BCUT2D eigenvalue weighted by Crippen LogP contribution is -2.39. The molecule has 0 aliphatic carbocycles. The van der Waals surface area contributed by atoms with Gasteiger partial charge in [-0.15, -0.1) is 0 Å². The molecule has 118 valence electrons. The Kier molecular flexibility index (Phi) is 5.37. The van der Waals surface area contributed by atoms with Crippen molar-refractivity contribution in [2.75, 3.05) is 26.7 Å². The minimum Gasteiger partial charge on any atom is -0.326 e. The first-order valence-corrected chi connectivity index (χ1v) is 8.88. The fourth-order valence-corrected chi connectivity index (χ4v) is 4.23. The molecule has 0 radical (unpaired) electrons. The Morgan fingerprint density at radius 1 is 1.43 bits per heavy atom. The predicted octanol–water partition coefficient (Wildman–Crippen LogP) is 1.07. The van der Waals surface area contributed by atoms with Crippen molar-refractivity contribution in [2.24, 2.45) is 11.7 Å². The van der Waals surface area contributed by atoms with Crippen LogP contribution >= 0.6 is 0 Å². The van der Waals surface area contributed by atoms with Gasteiger partial charge < -0.3 is 10.6 Å². The lowest BCUT2D eigenvalue weighted by Gasteiger charge is -2.29. The largest absolute Gasteiger partial charge is 0.326 e. The van der Waals surface area contributed by atoms with Gasteiger partial charge in [0.05, 0.1) is 4.90 Å². The number of nitrogens with one attached hydrogen (secondary N) is 1. The molecule has 1 saturated heterocycles. The van der Waals surface area contributed by atoms with Crippen LogP contribution in [0.5, 0.6) is 0 Å². The van der Waals surface area contributed by atoms with E-state index in [9.17, 15) is 8.42 Å². The minimum absolute atomic E-state index is 0.351. The zero-order valence-corrected chi connectivity index (χ0v) is 13.6. The molecule has 1 fully saturated rings. The summed E-state index contributed by atoms with van der Waals surface area (Å²) in [5.74, 6) is 0.391. The third kappa shape index (κ3) is 4.26. The number of benzene rings is 1. The second kappa shape index (κ2) is 6.87. The van der Waals surface area contributed by atoms with Gasteiger partial charge in [-0.3, -0.25) is 0 Å². The molecule has 1 aliphatic heterocycles. The number of aryl methyl sites for hydroxylation is 1. The first-order valence-electron chi connectivity index (χ1n) is 7.40. The Labute approximate surface area is 127 Å². The maximum absolute atomic E-state index is 12.4. The van der Waals surface area contributed by atoms with Crippen LogP contribution in [0, 0.1) is 12.8 Å². The van der Waals surface area contributed by atoms with Crippen LogP contribution in [-0.2, 0) is 16.6 Å². The van der Waals surface area contributed by atoms with E-state index in [1.165, 1.54) is 0 Å². The summed E-state index contributed by atoms with van der Waals surface area (Å²) >= 11 is 0. The van der Waals surface area contributed by atoms with Crippen LogP contribution in [0.1, 0.15) is 24.0 Å². The highest BCUT2D eigenvalue weighted by molar-refractivity contribution is 7.89. The van der Waals surface area contributed by atoms with Crippen LogP contribution in [-0.4, -0.2) is 40.0 Å². The van der Waals surface area contributed by atoms with Crippen molar-refractivity contribution in [3.05, 3.63) is 29.3 Å². The van der Waals surface area contributed by atoms with Gasteiger partial charge in [0.25, 0.3) is 0 Å². The first kappa shape index (κ1) is 16.4. The summed E-state index contributed by atoms with van der Waals surface area (Å²) in [7, 11) is -1.36. The van der Waals surface area contributed by atoms with Gasteiger partial charge in [0.2, 0.25) is 10.0 Å². The van der Waals surface area contributed by atoms with Crippen molar-refractivity contribution in [2.45, 2.75) is 31.2 Å². The Hall–Kier alpha value is -0.950. The number of likely N-dealkylation sites (tertiary alicyclic amines) is 1. The maximum Gasteiger partial charge on any atom is 0.240 e. The second-order valence-electron chi connectivity index (χ2n) is 5.93. The molecule has 6 heteroatoms. The summed E-state index contributed by atoms with van der Waals surface area (Å²) in [4.78, 5) is 2.60. The molecule has 2 rings (SSSR count). The molecule has 5 nitrogen and oxygen atoms in total. The normalized spacial score (nSPS) is 20.6. The number of hydrogen-bond donors (Lipinski definition) is 2. The zero-order valence-electron chi connectivity index (χ0n) is 12.8. The molecule has 1 atom stereocenters. The summed E-state index contributed by atoms with van der Waals surface area (Å²) in [6.45, 7) is 4.78. The summed E-state index contributed by atoms with van der Waals surface area (Å²) in [6.07, 6.45) is 2.21. The molecule has 0 amide bonds. The zero-order chi connectivity index (χ0) is 15.5. The highest BCUT2D eigenvalue weighted by atomic mass is 32.2. The molecule has 0 spiro atoms. The molecule has 0 aromatic heterocycles. The summed E-state index contributed by atoms with van der Waals surface area (Å²) in [5.41, 5.74) is 7.26. The second-order valence-corrected chi connectivity index (χ2v) is 7.66. The fourth-order valence-electron chi connectivity index (χ4n) is 2.89. The average molecular weight is 311 g/mol. The van der Waals surface area contributed by atoms with Crippen molar-refractivity contribution in [3.63, 3.8) is 0 Å². The van der Waals surface area contributed by atoms with E-state index in [1.54, 1.807) is 12.1 Å². The number of piperidine rings is 1. The van der Waals surface area contributed by atoms with Gasteiger partial charge in [0.1, 0.15) is 0 Å². The van der Waals surface area contributed by atoms with Crippen LogP contribution in [0.2, 0.25) is 0 Å². The molecule has 3 N–H and O–H groups in total. The lowest BCUT2D eigenvalue weighted by atomic mass is 9.99. The van der Waals surface area contributed by atoms with Crippen LogP contribution < -0.4 is 10.5 Å². The quantitative estimate of drug-likeness (QED) is 0.853. The van der Waals surface area contributed by atoms with Gasteiger partial charge in [0, 0.05) is 19.6 Å².